The molecular weight excluding hydrogens is 424 g/mol. The number of cyclic esters (lactones) is 2. The molecule has 0 spiro atoms. The van der Waals surface area contributed by atoms with Crippen LogP contribution in [0.1, 0.15) is 39.5 Å². The maximum atomic E-state index is 12.0. The highest BCUT2D eigenvalue weighted by molar-refractivity contribution is 6.12. The fourth-order valence-electron chi connectivity index (χ4n) is 3.47. The van der Waals surface area contributed by atoms with Gasteiger partial charge in [-0.25, -0.2) is 9.59 Å². The molecule has 0 aromatic rings. The second-order valence-electron chi connectivity index (χ2n) is 8.20. The van der Waals surface area contributed by atoms with Gasteiger partial charge in [0, 0.05) is 43.1 Å². The van der Waals surface area contributed by atoms with E-state index in [2.05, 4.69) is 15.0 Å². The van der Waals surface area contributed by atoms with Crippen LogP contribution in [0.4, 0.5) is 0 Å². The Kier molecular flexibility index (Phi) is 10.2. The first-order valence-corrected chi connectivity index (χ1v) is 10.8. The Hall–Kier alpha value is -1.89. The number of carbonyl (C=O) groups excluding carboxylic acids is 3. The van der Waals surface area contributed by atoms with E-state index in [4.69, 9.17) is 9.47 Å². The number of nitrogens with one attached hydrogen (secondary N) is 1. The molecule has 2 rings (SSSR count). The molecule has 1 unspecified atom stereocenters. The molecule has 1 saturated heterocycles. The molecule has 0 aromatic heterocycles. The summed E-state index contributed by atoms with van der Waals surface area (Å²) in [5.74, 6) is -1.54. The first-order valence-electron chi connectivity index (χ1n) is 10.8. The normalized spacial score (nSPS) is 27.1. The van der Waals surface area contributed by atoms with Crippen molar-refractivity contribution in [1.29, 1.82) is 0 Å². The van der Waals surface area contributed by atoms with E-state index in [0.717, 1.165) is 0 Å². The monoisotopic (exact) mass is 458 g/mol. The second kappa shape index (κ2) is 12.4. The van der Waals surface area contributed by atoms with Gasteiger partial charge in [0.15, 0.2) is 6.29 Å². The Morgan fingerprint density at radius 3 is 2.66 bits per heavy atom. The highest BCUT2D eigenvalue weighted by atomic mass is 16.7. The minimum atomic E-state index is -1.13. The maximum absolute atomic E-state index is 12.0. The van der Waals surface area contributed by atoms with E-state index in [1.54, 1.807) is 0 Å². The molecule has 0 bridgehead atoms. The van der Waals surface area contributed by atoms with E-state index in [1.165, 1.54) is 6.92 Å². The summed E-state index contributed by atoms with van der Waals surface area (Å²) >= 11 is 0. The van der Waals surface area contributed by atoms with Gasteiger partial charge in [-0.05, 0) is 33.7 Å². The lowest BCUT2D eigenvalue weighted by atomic mass is 10.0. The number of likely N-dealkylation sites (N-methyl/N-ethyl adjacent to an activating group) is 1. The van der Waals surface area contributed by atoms with E-state index in [1.807, 2.05) is 14.0 Å². The summed E-state index contributed by atoms with van der Waals surface area (Å²) in [6, 6.07) is 0.145. The topological polar surface area (TPSA) is 155 Å². The van der Waals surface area contributed by atoms with Gasteiger partial charge in [-0.3, -0.25) is 4.79 Å². The molecule has 4 N–H and O–H groups in total. The molecule has 0 saturated carbocycles. The van der Waals surface area contributed by atoms with Crippen molar-refractivity contribution in [3.05, 3.63) is 11.1 Å². The average molecular weight is 459 g/mol. The lowest BCUT2D eigenvalue weighted by Gasteiger charge is -2.36. The van der Waals surface area contributed by atoms with Crippen molar-refractivity contribution in [3.8, 4) is 0 Å². The molecule has 1 amide bonds. The fourth-order valence-corrected chi connectivity index (χ4v) is 3.47. The van der Waals surface area contributed by atoms with Crippen LogP contribution in [0.25, 0.3) is 0 Å². The molecule has 11 heteroatoms. The molecule has 0 aliphatic carbocycles. The predicted molar refractivity (Wildman–Crippen MR) is 111 cm³/mol. The molecule has 5 atom stereocenters. The van der Waals surface area contributed by atoms with Gasteiger partial charge in [0.1, 0.15) is 12.2 Å². The predicted octanol–water partition coefficient (Wildman–Crippen LogP) is -1.16. The fraction of sp³-hybridized carbons (Fsp3) is 0.762. The van der Waals surface area contributed by atoms with Crippen LogP contribution in [0.15, 0.2) is 11.1 Å². The lowest BCUT2D eigenvalue weighted by Crippen LogP contribution is -2.50. The zero-order valence-electron chi connectivity index (χ0n) is 18.8. The minimum Gasteiger partial charge on any atom is -0.394 e. The molecule has 2 aliphatic rings. The summed E-state index contributed by atoms with van der Waals surface area (Å²) in [6.07, 6.45) is -2.62. The van der Waals surface area contributed by atoms with E-state index in [0.29, 0.717) is 26.1 Å². The Balaban J connectivity index is 1.60. The van der Waals surface area contributed by atoms with Crippen molar-refractivity contribution >= 4 is 17.8 Å². The van der Waals surface area contributed by atoms with Gasteiger partial charge in [-0.2, -0.15) is 0 Å². The standard InChI is InChI=1S/C21H34N2O9/c1-12(6-9-30-18-10-15(25)19(27)16(11-24)31-18)23(3)8-7-22-17(26)5-4-14-13(2)20(28)32-21(14)29/h12,15-16,18-19,24-25,27H,4-11H2,1-3H3,(H,22,26)/t12?,15-,16-,18-,19-/m0/s1. The second-order valence-corrected chi connectivity index (χ2v) is 8.20. The molecule has 0 radical (unpaired) electrons. The van der Waals surface area contributed by atoms with Crippen molar-refractivity contribution in [3.63, 3.8) is 0 Å². The highest BCUT2D eigenvalue weighted by Gasteiger charge is 2.36. The van der Waals surface area contributed by atoms with Crippen molar-refractivity contribution in [2.45, 2.75) is 70.2 Å². The number of amides is 1. The van der Waals surface area contributed by atoms with Crippen LogP contribution in [0.3, 0.4) is 0 Å². The van der Waals surface area contributed by atoms with Gasteiger partial charge in [-0.1, -0.05) is 0 Å². The van der Waals surface area contributed by atoms with Crippen LogP contribution in [0.5, 0.6) is 0 Å². The zero-order valence-corrected chi connectivity index (χ0v) is 18.8. The van der Waals surface area contributed by atoms with Crippen molar-refractivity contribution in [1.82, 2.24) is 10.2 Å². The van der Waals surface area contributed by atoms with Crippen LogP contribution >= 0.6 is 0 Å². The Morgan fingerprint density at radius 2 is 2.03 bits per heavy atom. The molecule has 182 valence electrons. The summed E-state index contributed by atoms with van der Waals surface area (Å²) in [7, 11) is 1.92. The average Bonchev–Trinajstić information content (AvgIpc) is 2.99. The summed E-state index contributed by atoms with van der Waals surface area (Å²) in [6.45, 7) is 4.52. The summed E-state index contributed by atoms with van der Waals surface area (Å²) in [5, 5.41) is 31.5. The van der Waals surface area contributed by atoms with Crippen LogP contribution in [-0.2, 0) is 28.6 Å². The van der Waals surface area contributed by atoms with Gasteiger partial charge >= 0.3 is 11.9 Å². The number of nitrogens with zero attached hydrogens (tertiary/aromatic N) is 1. The number of ether oxygens (including phenoxy) is 3. The molecule has 11 nitrogen and oxygen atoms in total. The van der Waals surface area contributed by atoms with Gasteiger partial charge in [0.2, 0.25) is 5.91 Å². The van der Waals surface area contributed by atoms with Crippen LogP contribution in [0, 0.1) is 0 Å². The molecule has 1 fully saturated rings. The third-order valence-corrected chi connectivity index (χ3v) is 5.89. The smallest absolute Gasteiger partial charge is 0.342 e. The van der Waals surface area contributed by atoms with E-state index < -0.39 is 43.1 Å². The van der Waals surface area contributed by atoms with E-state index in [-0.39, 0.29) is 42.4 Å². The lowest BCUT2D eigenvalue weighted by molar-refractivity contribution is -0.257. The molecular formula is C21H34N2O9. The third-order valence-electron chi connectivity index (χ3n) is 5.89. The van der Waals surface area contributed by atoms with Crippen LogP contribution in [-0.4, -0.2) is 102 Å². The minimum absolute atomic E-state index is 0.0962. The number of carbonyl (C=O) groups is 3. The highest BCUT2D eigenvalue weighted by Crippen LogP contribution is 2.22. The number of aliphatic hydroxyl groups is 3. The van der Waals surface area contributed by atoms with Gasteiger partial charge in [-0.15, -0.1) is 0 Å². The first kappa shape index (κ1) is 26.4. The largest absolute Gasteiger partial charge is 0.394 e. The third kappa shape index (κ3) is 7.32. The van der Waals surface area contributed by atoms with Gasteiger partial charge in [0.25, 0.3) is 0 Å². The summed E-state index contributed by atoms with van der Waals surface area (Å²) in [5.41, 5.74) is 0.514. The number of aliphatic hydroxyl groups excluding tert-OH is 3. The Morgan fingerprint density at radius 1 is 1.31 bits per heavy atom. The van der Waals surface area contributed by atoms with Crippen LogP contribution < -0.4 is 5.32 Å². The van der Waals surface area contributed by atoms with Gasteiger partial charge < -0.3 is 39.7 Å². The molecule has 32 heavy (non-hydrogen) atoms. The Labute approximate surface area is 187 Å². The number of hydrogen-bond acceptors (Lipinski definition) is 10. The SMILES string of the molecule is CC1=C(CCC(=O)NCCN(C)C(C)CCO[C@@H]2C[C@H](O)[C@H](O)[C@H](CO)O2)C(=O)OC1=O. The van der Waals surface area contributed by atoms with Crippen molar-refractivity contribution in [2.24, 2.45) is 0 Å². The summed E-state index contributed by atoms with van der Waals surface area (Å²) < 4.78 is 15.6. The van der Waals surface area contributed by atoms with Crippen LogP contribution in [0.2, 0.25) is 0 Å². The van der Waals surface area contributed by atoms with Crippen molar-refractivity contribution in [2.75, 3.05) is 33.4 Å². The molecule has 2 heterocycles. The first-order chi connectivity index (χ1) is 15.1. The number of hydrogen-bond donors (Lipinski definition) is 4. The molecule has 2 aliphatic heterocycles. The van der Waals surface area contributed by atoms with E-state index in [9.17, 15) is 29.7 Å². The van der Waals surface area contributed by atoms with Crippen molar-refractivity contribution < 1.29 is 43.9 Å². The zero-order chi connectivity index (χ0) is 23.8. The Bertz CT molecular complexity index is 711. The molecule has 0 aromatic carbocycles. The van der Waals surface area contributed by atoms with Gasteiger partial charge in [0.05, 0.1) is 19.3 Å². The summed E-state index contributed by atoms with van der Waals surface area (Å²) in [4.78, 5) is 36.9. The number of esters is 2. The maximum Gasteiger partial charge on any atom is 0.342 e. The number of rotatable bonds is 12. The quantitative estimate of drug-likeness (QED) is 0.208. The van der Waals surface area contributed by atoms with E-state index >= 15 is 0 Å².